The number of hydrogen-bond acceptors (Lipinski definition) is 6. The summed E-state index contributed by atoms with van der Waals surface area (Å²) in [7, 11) is 0. The molecule has 0 amide bonds. The Kier molecular flexibility index (Phi) is 4.31. The molecule has 0 saturated heterocycles. The zero-order valence-electron chi connectivity index (χ0n) is 18.8. The zero-order chi connectivity index (χ0) is 24.2. The average Bonchev–Trinajstić information content (AvgIpc) is 3.55. The van der Waals surface area contributed by atoms with Crippen LogP contribution in [0, 0.1) is 0 Å². The lowest BCUT2D eigenvalue weighted by Crippen LogP contribution is -2.03. The van der Waals surface area contributed by atoms with Gasteiger partial charge in [-0.05, 0) is 41.1 Å². The molecule has 0 saturated carbocycles. The Morgan fingerprint density at radius 1 is 0.778 bits per heavy atom. The van der Waals surface area contributed by atoms with Crippen LogP contribution in [0.2, 0.25) is 0 Å². The number of benzene rings is 3. The molecule has 0 radical (unpaired) electrons. The van der Waals surface area contributed by atoms with Crippen LogP contribution in [0.1, 0.15) is 26.4 Å². The Balaban J connectivity index is 1.40. The van der Waals surface area contributed by atoms with Crippen LogP contribution in [0.15, 0.2) is 102 Å². The van der Waals surface area contributed by atoms with E-state index >= 15 is 0 Å². The molecule has 0 unspecified atom stereocenters. The molecule has 1 aliphatic carbocycles. The molecule has 7 heteroatoms. The van der Waals surface area contributed by atoms with Crippen molar-refractivity contribution in [1.29, 1.82) is 0 Å². The number of ketones is 2. The van der Waals surface area contributed by atoms with E-state index in [1.54, 1.807) is 41.2 Å². The largest absolute Gasteiger partial charge is 0.434 e. The second-order valence-electron chi connectivity index (χ2n) is 8.54. The second kappa shape index (κ2) is 7.68. The number of oxazole rings is 1. The third kappa shape index (κ3) is 3.03. The minimum Gasteiger partial charge on any atom is -0.434 e. The molecule has 170 valence electrons. The van der Waals surface area contributed by atoms with E-state index in [4.69, 9.17) is 9.40 Å². The Bertz CT molecular complexity index is 1810. The number of nitrogens with zero attached hydrogens (tertiary/aromatic N) is 4. The van der Waals surface area contributed by atoms with Crippen LogP contribution >= 0.6 is 0 Å². The van der Waals surface area contributed by atoms with E-state index in [0.717, 1.165) is 16.3 Å². The van der Waals surface area contributed by atoms with E-state index in [1.807, 2.05) is 54.6 Å². The Morgan fingerprint density at radius 3 is 2.08 bits per heavy atom. The predicted molar refractivity (Wildman–Crippen MR) is 135 cm³/mol. The molecule has 0 bridgehead atoms. The molecule has 36 heavy (non-hydrogen) atoms. The quantitative estimate of drug-likeness (QED) is 0.245. The fourth-order valence-electron chi connectivity index (χ4n) is 4.68. The van der Waals surface area contributed by atoms with Gasteiger partial charge in [0.15, 0.2) is 22.8 Å². The van der Waals surface area contributed by atoms with E-state index in [1.165, 1.54) is 6.33 Å². The van der Waals surface area contributed by atoms with Crippen molar-refractivity contribution in [2.24, 2.45) is 0 Å². The van der Waals surface area contributed by atoms with Crippen molar-refractivity contribution in [3.63, 3.8) is 0 Å². The Labute approximate surface area is 204 Å². The van der Waals surface area contributed by atoms with Crippen LogP contribution in [0.3, 0.4) is 0 Å². The number of carbonyl (C=O) groups excluding carboxylic acids is 2. The predicted octanol–water partition coefficient (Wildman–Crippen LogP) is 5.69. The summed E-state index contributed by atoms with van der Waals surface area (Å²) in [5, 5.41) is 1.83. The maximum absolute atomic E-state index is 13.3. The summed E-state index contributed by atoms with van der Waals surface area (Å²) in [6, 6.07) is 22.6. The zero-order valence-corrected chi connectivity index (χ0v) is 18.8. The number of fused-ring (bicyclic) bond motifs is 3. The monoisotopic (exact) mass is 468 g/mol. The minimum atomic E-state index is -0.299. The van der Waals surface area contributed by atoms with Gasteiger partial charge in [0.1, 0.15) is 6.33 Å². The van der Waals surface area contributed by atoms with Gasteiger partial charge >= 0.3 is 0 Å². The van der Waals surface area contributed by atoms with Crippen LogP contribution in [-0.4, -0.2) is 31.1 Å². The first-order valence-corrected chi connectivity index (χ1v) is 11.3. The normalized spacial score (nSPS) is 13.1. The summed E-state index contributed by atoms with van der Waals surface area (Å²) in [6.45, 7) is 0. The van der Waals surface area contributed by atoms with Crippen molar-refractivity contribution in [1.82, 2.24) is 19.5 Å². The van der Waals surface area contributed by atoms with Crippen LogP contribution in [0.5, 0.6) is 0 Å². The molecule has 7 nitrogen and oxygen atoms in total. The van der Waals surface area contributed by atoms with Gasteiger partial charge in [-0.25, -0.2) is 9.97 Å². The number of aromatic nitrogens is 4. The highest BCUT2D eigenvalue weighted by atomic mass is 16.3. The third-order valence-electron chi connectivity index (χ3n) is 6.37. The fourth-order valence-corrected chi connectivity index (χ4v) is 4.68. The summed E-state index contributed by atoms with van der Waals surface area (Å²) in [6.07, 6.45) is 6.32. The minimum absolute atomic E-state index is 0.0989. The van der Waals surface area contributed by atoms with Crippen molar-refractivity contribution in [2.45, 2.75) is 0 Å². The van der Waals surface area contributed by atoms with Crippen molar-refractivity contribution in [3.05, 3.63) is 114 Å². The maximum atomic E-state index is 13.3. The number of allylic oxidation sites excluding steroid dienone is 1. The summed E-state index contributed by atoms with van der Waals surface area (Å²) in [4.78, 5) is 39.6. The van der Waals surface area contributed by atoms with E-state index in [9.17, 15) is 9.59 Å². The highest BCUT2D eigenvalue weighted by Gasteiger charge is 2.34. The van der Waals surface area contributed by atoms with Crippen LogP contribution in [-0.2, 0) is 0 Å². The van der Waals surface area contributed by atoms with Crippen LogP contribution < -0.4 is 0 Å². The van der Waals surface area contributed by atoms with E-state index in [-0.39, 0.29) is 17.1 Å². The summed E-state index contributed by atoms with van der Waals surface area (Å²) < 4.78 is 7.85. The summed E-state index contributed by atoms with van der Waals surface area (Å²) >= 11 is 0. The molecule has 6 aromatic rings. The number of carbonyl (C=O) groups is 2. The van der Waals surface area contributed by atoms with E-state index < -0.39 is 0 Å². The number of rotatable bonds is 3. The van der Waals surface area contributed by atoms with Gasteiger partial charge in [0.2, 0.25) is 5.89 Å². The molecule has 0 spiro atoms. The first kappa shape index (κ1) is 20.2. The molecular weight excluding hydrogens is 452 g/mol. The van der Waals surface area contributed by atoms with Gasteiger partial charge < -0.3 is 4.42 Å². The van der Waals surface area contributed by atoms with Gasteiger partial charge in [0, 0.05) is 22.8 Å². The molecule has 3 aromatic heterocycles. The molecule has 0 N–H and O–H groups in total. The van der Waals surface area contributed by atoms with E-state index in [2.05, 4.69) is 9.97 Å². The van der Waals surface area contributed by atoms with Crippen molar-refractivity contribution in [3.8, 4) is 17.1 Å². The fraction of sp³-hybridized carbons (Fsp3) is 0. The lowest BCUT2D eigenvalue weighted by molar-refractivity contribution is 0.0990. The first-order valence-electron chi connectivity index (χ1n) is 11.3. The molecule has 3 aromatic carbocycles. The number of hydrogen-bond donors (Lipinski definition) is 0. The molecule has 3 heterocycles. The summed E-state index contributed by atoms with van der Waals surface area (Å²) in [5.41, 5.74) is 4.03. The SMILES string of the molecule is O=C1C(=Cc2cc3oc(-c4ccccc4)nc3n2-c2cncnc2)C(=O)c2cc3ccccc3cc21. The lowest BCUT2D eigenvalue weighted by atomic mass is 10.0. The van der Waals surface area contributed by atoms with Crippen LogP contribution in [0.25, 0.3) is 45.2 Å². The summed E-state index contributed by atoms with van der Waals surface area (Å²) in [5.74, 6) is -0.128. The van der Waals surface area contributed by atoms with Gasteiger partial charge in [0.25, 0.3) is 0 Å². The van der Waals surface area contributed by atoms with E-state index in [0.29, 0.717) is 39.6 Å². The van der Waals surface area contributed by atoms with Crippen molar-refractivity contribution < 1.29 is 14.0 Å². The third-order valence-corrected chi connectivity index (χ3v) is 6.37. The Hall–Kier alpha value is -5.17. The first-order chi connectivity index (χ1) is 17.7. The number of Topliss-reactive ketones (excluding diaryl/α,β-unsaturated/α-hetero) is 2. The highest BCUT2D eigenvalue weighted by Crippen LogP contribution is 2.34. The van der Waals surface area contributed by atoms with Crippen molar-refractivity contribution >= 4 is 39.6 Å². The molecule has 0 aliphatic heterocycles. The standard InChI is InChI=1S/C29H16N4O3/c34-26-22-10-18-8-4-5-9-19(18)11-23(22)27(35)24(26)12-20-13-25-28(33(20)21-14-30-16-31-15-21)32-29(36-25)17-6-2-1-3-7-17/h1-16H. The van der Waals surface area contributed by atoms with Crippen LogP contribution in [0.4, 0.5) is 0 Å². The smallest absolute Gasteiger partial charge is 0.228 e. The Morgan fingerprint density at radius 2 is 1.42 bits per heavy atom. The molecule has 7 rings (SSSR count). The molecule has 1 aliphatic rings. The highest BCUT2D eigenvalue weighted by molar-refractivity contribution is 6.42. The topological polar surface area (TPSA) is 90.9 Å². The molecular formula is C29H16N4O3. The van der Waals surface area contributed by atoms with Gasteiger partial charge in [-0.1, -0.05) is 42.5 Å². The lowest BCUT2D eigenvalue weighted by Gasteiger charge is -2.06. The second-order valence-corrected chi connectivity index (χ2v) is 8.54. The van der Waals surface area contributed by atoms with Gasteiger partial charge in [-0.15, -0.1) is 0 Å². The van der Waals surface area contributed by atoms with Gasteiger partial charge in [-0.3, -0.25) is 14.2 Å². The molecule has 0 atom stereocenters. The van der Waals surface area contributed by atoms with Crippen molar-refractivity contribution in [2.75, 3.05) is 0 Å². The average molecular weight is 468 g/mol. The van der Waals surface area contributed by atoms with Gasteiger partial charge in [0.05, 0.1) is 29.3 Å². The molecule has 0 fully saturated rings. The maximum Gasteiger partial charge on any atom is 0.228 e. The van der Waals surface area contributed by atoms with Gasteiger partial charge in [-0.2, -0.15) is 4.98 Å².